The Morgan fingerprint density at radius 3 is 0.875 bits per heavy atom. The second-order valence-electron chi connectivity index (χ2n) is 0.447. The monoisotopic (exact) mass is 180 g/mol. The number of hydrogen-bond acceptors (Lipinski definition) is 4. The van der Waals surface area contributed by atoms with Gasteiger partial charge in [0.15, 0.2) is 0 Å². The molecule has 0 nitrogen and oxygen atoms in total. The fourth-order valence-corrected chi connectivity index (χ4v) is 0. The molecule has 0 radical (unpaired) electrons. The largest absolute Gasteiger partial charge is 1.00 e. The summed E-state index contributed by atoms with van der Waals surface area (Å²) in [5.41, 5.74) is 0. The first kappa shape index (κ1) is 22.5. The minimum atomic E-state index is -2.06. The molecule has 0 aromatic carbocycles. The molecular weight excluding hydrogens is 180 g/mol. The molecule has 0 saturated carbocycles. The minimum Gasteiger partial charge on any atom is -0.794 e. The van der Waals surface area contributed by atoms with Gasteiger partial charge in [-0.25, -0.2) is 0 Å². The van der Waals surface area contributed by atoms with Crippen LogP contribution in [0.1, 0.15) is 0 Å². The van der Waals surface area contributed by atoms with E-state index in [0.29, 0.717) is 0 Å². The van der Waals surface area contributed by atoms with Gasteiger partial charge in [-0.05, 0) is 0 Å². The molecule has 8 heavy (non-hydrogen) atoms. The van der Waals surface area contributed by atoms with Crippen molar-refractivity contribution < 1.29 is 56.6 Å². The zero-order valence-electron chi connectivity index (χ0n) is 5.08. The Labute approximate surface area is 107 Å². The second kappa shape index (κ2) is 10.5. The molecule has 0 spiro atoms. The average molecular weight is 180 g/mol. The number of hydrogen-bond donors (Lipinski definition) is 0. The van der Waals surface area contributed by atoms with E-state index >= 15 is 0 Å². The van der Waals surface area contributed by atoms with Gasteiger partial charge in [-0.1, -0.05) is 0 Å². The van der Waals surface area contributed by atoms with Gasteiger partial charge in [-0.3, -0.25) is 0 Å². The second-order valence-corrected chi connectivity index (χ2v) is 12.1. The van der Waals surface area contributed by atoms with E-state index in [1.165, 1.54) is 0 Å². The molecule has 0 aliphatic rings. The van der Waals surface area contributed by atoms with Crippen LogP contribution in [0.5, 0.6) is 0 Å². The molecular formula is Li3PS4. The molecule has 0 amide bonds. The maximum atomic E-state index is 4.38. The van der Waals surface area contributed by atoms with E-state index in [1.54, 1.807) is 0 Å². The fraction of sp³-hybridized carbons (Fsp3) is 0. The SMILES string of the molecule is S=P([S-])([S-])[S-].[Li+].[Li+].[Li+]. The molecule has 0 aromatic rings. The molecule has 0 heterocycles. The van der Waals surface area contributed by atoms with Crippen molar-refractivity contribution in [3.05, 3.63) is 0 Å². The van der Waals surface area contributed by atoms with Crippen molar-refractivity contribution >= 4 is 52.2 Å². The molecule has 0 aliphatic carbocycles. The summed E-state index contributed by atoms with van der Waals surface area (Å²) in [7, 11) is 0. The summed E-state index contributed by atoms with van der Waals surface area (Å²) >= 11 is 17.5. The Bertz CT molecular complexity index is 57.4. The topological polar surface area (TPSA) is 0 Å². The van der Waals surface area contributed by atoms with Crippen LogP contribution in [0.3, 0.4) is 0 Å². The average Bonchev–Trinajstić information content (AvgIpc) is 0.722. The van der Waals surface area contributed by atoms with E-state index in [-0.39, 0.29) is 56.6 Å². The van der Waals surface area contributed by atoms with Crippen LogP contribution in [0.15, 0.2) is 0 Å². The Morgan fingerprint density at radius 1 is 0.875 bits per heavy atom. The van der Waals surface area contributed by atoms with E-state index in [2.05, 4.69) is 48.6 Å². The summed E-state index contributed by atoms with van der Waals surface area (Å²) in [6, 6.07) is 0. The van der Waals surface area contributed by atoms with Crippen LogP contribution in [0.4, 0.5) is 0 Å². The Balaban J connectivity index is -0.0000000267. The molecule has 0 aromatic heterocycles. The van der Waals surface area contributed by atoms with E-state index in [9.17, 15) is 0 Å². The molecule has 0 atom stereocenters. The fourth-order valence-electron chi connectivity index (χ4n) is 0. The van der Waals surface area contributed by atoms with Crippen molar-refractivity contribution in [2.75, 3.05) is 0 Å². The van der Waals surface area contributed by atoms with Gasteiger partial charge in [0.2, 0.25) is 0 Å². The van der Waals surface area contributed by atoms with Gasteiger partial charge >= 0.3 is 56.6 Å². The Kier molecular flexibility index (Phi) is 29.6. The maximum absolute atomic E-state index is 4.38. The van der Waals surface area contributed by atoms with E-state index in [4.69, 9.17) is 0 Å². The van der Waals surface area contributed by atoms with Crippen LogP contribution in [0.2, 0.25) is 0 Å². The summed E-state index contributed by atoms with van der Waals surface area (Å²) in [4.78, 5) is 0. The zero-order chi connectivity index (χ0) is 4.50. The molecule has 32 valence electrons. The molecule has 0 fully saturated rings. The molecule has 0 bridgehead atoms. The van der Waals surface area contributed by atoms with E-state index in [0.717, 1.165) is 0 Å². The van der Waals surface area contributed by atoms with Crippen molar-refractivity contribution in [3.63, 3.8) is 0 Å². The van der Waals surface area contributed by atoms with Gasteiger partial charge in [-0.2, -0.15) is 11.8 Å². The zero-order valence-corrected chi connectivity index (χ0v) is 9.24. The molecule has 8 heteroatoms. The van der Waals surface area contributed by atoms with Crippen LogP contribution in [0, 0.1) is 0 Å². The quantitative estimate of drug-likeness (QED) is 0.206. The van der Waals surface area contributed by atoms with E-state index < -0.39 is 3.64 Å². The van der Waals surface area contributed by atoms with Crippen molar-refractivity contribution in [2.24, 2.45) is 0 Å². The molecule has 0 unspecified atom stereocenters. The first-order valence-electron chi connectivity index (χ1n) is 0.730. The van der Waals surface area contributed by atoms with Crippen LogP contribution in [-0.2, 0) is 48.6 Å². The number of rotatable bonds is 0. The van der Waals surface area contributed by atoms with Crippen LogP contribution in [-0.4, -0.2) is 0 Å². The Morgan fingerprint density at radius 2 is 0.875 bits per heavy atom. The predicted octanol–water partition coefficient (Wildman–Crippen LogP) is -8.14. The summed E-state index contributed by atoms with van der Waals surface area (Å²) in [6.45, 7) is 0. The third-order valence-corrected chi connectivity index (χ3v) is 0. The molecule has 0 N–H and O–H groups in total. The first-order valence-corrected chi connectivity index (χ1v) is 6.57. The van der Waals surface area contributed by atoms with Gasteiger partial charge in [0.05, 0.1) is 0 Å². The van der Waals surface area contributed by atoms with Crippen molar-refractivity contribution in [2.45, 2.75) is 0 Å². The van der Waals surface area contributed by atoms with Gasteiger partial charge in [-0.15, -0.1) is 0 Å². The third kappa shape index (κ3) is 56.1. The van der Waals surface area contributed by atoms with Crippen molar-refractivity contribution in [1.82, 2.24) is 0 Å². The summed E-state index contributed by atoms with van der Waals surface area (Å²) in [6.07, 6.45) is 0. The predicted molar refractivity (Wildman–Crippen MR) is 36.4 cm³/mol. The third-order valence-electron chi connectivity index (χ3n) is 0. The summed E-state index contributed by atoms with van der Waals surface area (Å²) < 4.78 is -2.06. The van der Waals surface area contributed by atoms with Crippen LogP contribution in [0.25, 0.3) is 0 Å². The summed E-state index contributed by atoms with van der Waals surface area (Å²) in [5.74, 6) is 0. The minimum absolute atomic E-state index is 0. The first-order chi connectivity index (χ1) is 2.00. The molecule has 0 aliphatic heterocycles. The molecule has 0 rings (SSSR count). The smallest absolute Gasteiger partial charge is 0.794 e. The standard InChI is InChI=1S/3Li.H3PS4/c;;;2-1(3,4)5/h;;;(H3,2,3,4,5)/q3*+1;/p-3. The molecule has 0 saturated heterocycles. The summed E-state index contributed by atoms with van der Waals surface area (Å²) in [5, 5.41) is 0. The van der Waals surface area contributed by atoms with Gasteiger partial charge < -0.3 is 40.4 Å². The van der Waals surface area contributed by atoms with Crippen LogP contribution >= 0.6 is 3.64 Å². The van der Waals surface area contributed by atoms with E-state index in [1.807, 2.05) is 0 Å². The van der Waals surface area contributed by atoms with Crippen molar-refractivity contribution in [3.8, 4) is 0 Å². The van der Waals surface area contributed by atoms with Gasteiger partial charge in [0.25, 0.3) is 0 Å². The van der Waals surface area contributed by atoms with Gasteiger partial charge in [0, 0.05) is 0 Å². The Hall–Kier alpha value is 3.49. The van der Waals surface area contributed by atoms with Crippen LogP contribution < -0.4 is 56.6 Å². The van der Waals surface area contributed by atoms with Gasteiger partial charge in [0.1, 0.15) is 0 Å². The maximum Gasteiger partial charge on any atom is 1.00 e. The normalized spacial score (nSPS) is 7.38. The van der Waals surface area contributed by atoms with Crippen molar-refractivity contribution in [1.29, 1.82) is 0 Å².